The molecule has 2 amide bonds. The van der Waals surface area contributed by atoms with Gasteiger partial charge in [-0.3, -0.25) is 13.9 Å². The van der Waals surface area contributed by atoms with E-state index in [2.05, 4.69) is 5.32 Å². The number of aryl methyl sites for hydroxylation is 1. The highest BCUT2D eigenvalue weighted by Crippen LogP contribution is 2.28. The minimum atomic E-state index is -3.84. The van der Waals surface area contributed by atoms with Crippen LogP contribution in [0.25, 0.3) is 0 Å². The molecule has 0 aliphatic rings. The van der Waals surface area contributed by atoms with Crippen molar-refractivity contribution < 1.29 is 18.0 Å². The zero-order chi connectivity index (χ0) is 25.5. The Balaban J connectivity index is 2.46. The van der Waals surface area contributed by atoms with Crippen LogP contribution in [0.2, 0.25) is 10.0 Å². The van der Waals surface area contributed by atoms with E-state index in [0.29, 0.717) is 13.0 Å². The molecular formula is C24H31Cl2N3O4S. The van der Waals surface area contributed by atoms with Gasteiger partial charge in [0.2, 0.25) is 21.8 Å². The quantitative estimate of drug-likeness (QED) is 0.469. The van der Waals surface area contributed by atoms with Gasteiger partial charge in [0, 0.05) is 13.1 Å². The van der Waals surface area contributed by atoms with Gasteiger partial charge in [-0.15, -0.1) is 0 Å². The van der Waals surface area contributed by atoms with Crippen LogP contribution in [0.5, 0.6) is 0 Å². The first-order valence-electron chi connectivity index (χ1n) is 11.0. The number of anilines is 1. The third-order valence-corrected chi connectivity index (χ3v) is 7.29. The minimum Gasteiger partial charge on any atom is -0.354 e. The number of benzene rings is 2. The Morgan fingerprint density at radius 2 is 1.74 bits per heavy atom. The second-order valence-corrected chi connectivity index (χ2v) is 10.8. The first kappa shape index (κ1) is 28.0. The molecule has 1 atom stereocenters. The number of carbonyl (C=O) groups excluding carboxylic acids is 2. The molecule has 7 nitrogen and oxygen atoms in total. The predicted molar refractivity (Wildman–Crippen MR) is 138 cm³/mol. The average Bonchev–Trinajstić information content (AvgIpc) is 2.78. The summed E-state index contributed by atoms with van der Waals surface area (Å²) in [4.78, 5) is 28.0. The number of nitrogens with zero attached hydrogens (tertiary/aromatic N) is 2. The summed E-state index contributed by atoms with van der Waals surface area (Å²) in [7, 11) is -3.84. The lowest BCUT2D eigenvalue weighted by molar-refractivity contribution is -0.140. The normalized spacial score (nSPS) is 12.2. The molecule has 10 heteroatoms. The van der Waals surface area contributed by atoms with E-state index < -0.39 is 28.5 Å². The summed E-state index contributed by atoms with van der Waals surface area (Å²) >= 11 is 12.1. The largest absolute Gasteiger partial charge is 0.354 e. The zero-order valence-corrected chi connectivity index (χ0v) is 22.2. The van der Waals surface area contributed by atoms with Gasteiger partial charge in [-0.25, -0.2) is 8.42 Å². The first-order valence-corrected chi connectivity index (χ1v) is 13.6. The lowest BCUT2D eigenvalue weighted by Gasteiger charge is -2.33. The van der Waals surface area contributed by atoms with Gasteiger partial charge in [0.25, 0.3) is 0 Å². The molecule has 2 aromatic carbocycles. The summed E-state index contributed by atoms with van der Waals surface area (Å²) in [5.41, 5.74) is 2.05. The van der Waals surface area contributed by atoms with Crippen molar-refractivity contribution in [2.24, 2.45) is 0 Å². The molecule has 0 aliphatic heterocycles. The van der Waals surface area contributed by atoms with Crippen molar-refractivity contribution in [1.29, 1.82) is 0 Å². The number of carbonyl (C=O) groups is 2. The third kappa shape index (κ3) is 7.35. The van der Waals surface area contributed by atoms with E-state index >= 15 is 0 Å². The van der Waals surface area contributed by atoms with Gasteiger partial charge in [-0.2, -0.15) is 0 Å². The van der Waals surface area contributed by atoms with Crippen LogP contribution in [0.1, 0.15) is 37.8 Å². The van der Waals surface area contributed by atoms with E-state index in [-0.39, 0.29) is 28.2 Å². The smallest absolute Gasteiger partial charge is 0.244 e. The Morgan fingerprint density at radius 3 is 2.29 bits per heavy atom. The molecule has 1 N–H and O–H groups in total. The van der Waals surface area contributed by atoms with Gasteiger partial charge in [-0.1, -0.05) is 61.3 Å². The molecule has 0 bridgehead atoms. The molecule has 0 heterocycles. The van der Waals surface area contributed by atoms with E-state index in [1.165, 1.54) is 23.1 Å². The number of halogens is 2. The van der Waals surface area contributed by atoms with Gasteiger partial charge in [-0.05, 0) is 49.1 Å². The van der Waals surface area contributed by atoms with Crippen molar-refractivity contribution in [1.82, 2.24) is 10.2 Å². The van der Waals surface area contributed by atoms with E-state index in [0.717, 1.165) is 28.1 Å². The lowest BCUT2D eigenvalue weighted by atomic mass is 10.1. The topological polar surface area (TPSA) is 86.8 Å². The van der Waals surface area contributed by atoms with Crippen molar-refractivity contribution in [3.8, 4) is 0 Å². The summed E-state index contributed by atoms with van der Waals surface area (Å²) in [5.74, 6) is -0.773. The van der Waals surface area contributed by atoms with Gasteiger partial charge < -0.3 is 10.2 Å². The van der Waals surface area contributed by atoms with Crippen molar-refractivity contribution >= 4 is 50.7 Å². The molecule has 0 aliphatic carbocycles. The number of hydrogen-bond acceptors (Lipinski definition) is 4. The molecule has 0 saturated carbocycles. The van der Waals surface area contributed by atoms with Crippen molar-refractivity contribution in [3.63, 3.8) is 0 Å². The highest BCUT2D eigenvalue weighted by molar-refractivity contribution is 7.92. The second-order valence-electron chi connectivity index (χ2n) is 8.03. The van der Waals surface area contributed by atoms with Crippen LogP contribution in [0.3, 0.4) is 0 Å². The van der Waals surface area contributed by atoms with Crippen LogP contribution in [0, 0.1) is 6.92 Å². The Morgan fingerprint density at radius 1 is 1.06 bits per heavy atom. The molecule has 0 unspecified atom stereocenters. The summed E-state index contributed by atoms with van der Waals surface area (Å²) < 4.78 is 26.2. The van der Waals surface area contributed by atoms with Crippen LogP contribution in [-0.2, 0) is 26.2 Å². The second kappa shape index (κ2) is 12.4. The highest BCUT2D eigenvalue weighted by atomic mass is 35.5. The van der Waals surface area contributed by atoms with Crippen LogP contribution < -0.4 is 9.62 Å². The fourth-order valence-corrected chi connectivity index (χ4v) is 4.64. The van der Waals surface area contributed by atoms with Crippen LogP contribution in [-0.4, -0.2) is 50.5 Å². The van der Waals surface area contributed by atoms with E-state index in [9.17, 15) is 18.0 Å². The highest BCUT2D eigenvalue weighted by Gasteiger charge is 2.32. The maximum Gasteiger partial charge on any atom is 0.244 e. The van der Waals surface area contributed by atoms with Gasteiger partial charge in [0.15, 0.2) is 0 Å². The molecule has 34 heavy (non-hydrogen) atoms. The lowest BCUT2D eigenvalue weighted by Crippen LogP contribution is -2.52. The molecule has 0 spiro atoms. The number of sulfonamides is 1. The van der Waals surface area contributed by atoms with Crippen LogP contribution in [0.15, 0.2) is 42.5 Å². The molecule has 0 fully saturated rings. The van der Waals surface area contributed by atoms with Crippen molar-refractivity contribution in [2.75, 3.05) is 23.7 Å². The molecule has 186 valence electrons. The molecule has 2 aromatic rings. The maximum absolute atomic E-state index is 13.6. The molecule has 2 rings (SSSR count). The van der Waals surface area contributed by atoms with Crippen molar-refractivity contribution in [3.05, 3.63) is 63.6 Å². The van der Waals surface area contributed by atoms with Gasteiger partial charge >= 0.3 is 0 Å². The molecular weight excluding hydrogens is 497 g/mol. The Hall–Kier alpha value is -2.29. The van der Waals surface area contributed by atoms with Crippen molar-refractivity contribution in [2.45, 2.75) is 46.2 Å². The maximum atomic E-state index is 13.6. The minimum absolute atomic E-state index is 0.169. The van der Waals surface area contributed by atoms with Gasteiger partial charge in [0.1, 0.15) is 12.6 Å². The number of amides is 2. The Kier molecular flexibility index (Phi) is 10.2. The van der Waals surface area contributed by atoms with E-state index in [1.807, 2.05) is 45.0 Å². The van der Waals surface area contributed by atoms with Gasteiger partial charge in [0.05, 0.1) is 22.0 Å². The molecule has 0 radical (unpaired) electrons. The fourth-order valence-electron chi connectivity index (χ4n) is 3.51. The third-order valence-electron chi connectivity index (χ3n) is 5.41. The number of nitrogens with one attached hydrogen (secondary N) is 1. The summed E-state index contributed by atoms with van der Waals surface area (Å²) in [6.45, 7) is 5.86. The molecule has 0 saturated heterocycles. The monoisotopic (exact) mass is 527 g/mol. The van der Waals surface area contributed by atoms with E-state index in [4.69, 9.17) is 23.2 Å². The first-order chi connectivity index (χ1) is 16.0. The number of rotatable bonds is 11. The van der Waals surface area contributed by atoms with E-state index in [1.54, 1.807) is 0 Å². The average molecular weight is 529 g/mol. The summed E-state index contributed by atoms with van der Waals surface area (Å²) in [6, 6.07) is 11.2. The summed E-state index contributed by atoms with van der Waals surface area (Å²) in [6.07, 6.45) is 2.14. The molecule has 0 aromatic heterocycles. The predicted octanol–water partition coefficient (Wildman–Crippen LogP) is 4.40. The Labute approximate surface area is 212 Å². The summed E-state index contributed by atoms with van der Waals surface area (Å²) in [5, 5.41) is 3.29. The SMILES string of the molecule is CCCNC(=O)[C@H](CC)N(Cc1ccccc1C)C(=O)CN(c1ccc(Cl)c(Cl)c1)S(C)(=O)=O. The van der Waals surface area contributed by atoms with Crippen LogP contribution in [0.4, 0.5) is 5.69 Å². The Bertz CT molecular complexity index is 1120. The zero-order valence-electron chi connectivity index (χ0n) is 19.8. The van der Waals surface area contributed by atoms with Crippen LogP contribution >= 0.6 is 23.2 Å². The standard InChI is InChI=1S/C24H31Cl2N3O4S/c1-5-13-27-24(31)22(6-2)28(15-18-10-8-7-9-17(18)3)23(30)16-29(34(4,32)33)19-11-12-20(25)21(26)14-19/h7-12,14,22H,5-6,13,15-16H2,1-4H3,(H,27,31)/t22-/m0/s1. The number of hydrogen-bond donors (Lipinski definition) is 1. The fraction of sp³-hybridized carbons (Fsp3) is 0.417.